The number of nitrogens with zero attached hydrogens (tertiary/aromatic N) is 5. The summed E-state index contributed by atoms with van der Waals surface area (Å²) in [6.45, 7) is 4.38. The van der Waals surface area contributed by atoms with Gasteiger partial charge in [0, 0.05) is 57.3 Å². The molecule has 12 heteroatoms. The average Bonchev–Trinajstić information content (AvgIpc) is 3.30. The molecule has 0 unspecified atom stereocenters. The second-order valence-corrected chi connectivity index (χ2v) is 9.04. The Balaban J connectivity index is 1.75. The maximum absolute atomic E-state index is 13.4. The van der Waals surface area contributed by atoms with Gasteiger partial charge >= 0.3 is 11.7 Å². The van der Waals surface area contributed by atoms with Crippen molar-refractivity contribution in [1.29, 1.82) is 5.41 Å². The molecule has 198 valence electrons. The van der Waals surface area contributed by atoms with Crippen LogP contribution in [0.1, 0.15) is 24.8 Å². The zero-order valence-corrected chi connectivity index (χ0v) is 21.2. The maximum Gasteiger partial charge on any atom is 0.332 e. The number of carbonyl (C=O) groups excluding carboxylic acids is 1. The van der Waals surface area contributed by atoms with Crippen molar-refractivity contribution >= 4 is 23.0 Å². The van der Waals surface area contributed by atoms with Gasteiger partial charge in [-0.15, -0.1) is 0 Å². The van der Waals surface area contributed by atoms with Crippen LogP contribution in [0.15, 0.2) is 33.9 Å². The number of aryl methyl sites for hydroxylation is 1. The number of nitrogens with one attached hydrogen (secondary N) is 1. The molecule has 1 aliphatic rings. The van der Waals surface area contributed by atoms with Crippen LogP contribution in [0.3, 0.4) is 0 Å². The van der Waals surface area contributed by atoms with E-state index in [1.54, 1.807) is 19.2 Å². The lowest BCUT2D eigenvalue weighted by atomic mass is 10.1. The predicted molar refractivity (Wildman–Crippen MR) is 139 cm³/mol. The van der Waals surface area contributed by atoms with E-state index in [9.17, 15) is 14.4 Å². The second-order valence-electron chi connectivity index (χ2n) is 9.04. The van der Waals surface area contributed by atoms with E-state index in [-0.39, 0.29) is 30.3 Å². The van der Waals surface area contributed by atoms with Gasteiger partial charge in [0.1, 0.15) is 17.3 Å². The van der Waals surface area contributed by atoms with E-state index in [2.05, 4.69) is 9.64 Å². The number of amidine groups is 1. The van der Waals surface area contributed by atoms with Crippen LogP contribution in [-0.2, 0) is 34.4 Å². The Kier molecular flexibility index (Phi) is 8.19. The Morgan fingerprint density at radius 1 is 1.08 bits per heavy atom. The van der Waals surface area contributed by atoms with Crippen molar-refractivity contribution in [1.82, 2.24) is 23.6 Å². The quantitative estimate of drug-likeness (QED) is 0.173. The molecule has 3 aromatic rings. The molecule has 0 saturated carbocycles. The van der Waals surface area contributed by atoms with Gasteiger partial charge in [0.05, 0.1) is 20.3 Å². The molecule has 4 rings (SSSR count). The summed E-state index contributed by atoms with van der Waals surface area (Å²) in [4.78, 5) is 45.1. The van der Waals surface area contributed by atoms with Crippen molar-refractivity contribution in [3.05, 3.63) is 50.7 Å². The first-order chi connectivity index (χ1) is 17.8. The fourth-order valence-corrected chi connectivity index (χ4v) is 4.55. The van der Waals surface area contributed by atoms with E-state index in [4.69, 9.17) is 20.9 Å². The highest BCUT2D eigenvalue weighted by Gasteiger charge is 2.22. The van der Waals surface area contributed by atoms with Gasteiger partial charge in [0.25, 0.3) is 5.56 Å². The average molecular weight is 512 g/mol. The highest BCUT2D eigenvalue weighted by Crippen LogP contribution is 2.23. The molecule has 0 aliphatic carbocycles. The monoisotopic (exact) mass is 511 g/mol. The first-order valence-electron chi connectivity index (χ1n) is 12.3. The maximum atomic E-state index is 13.4. The minimum Gasteiger partial charge on any atom is -0.469 e. The van der Waals surface area contributed by atoms with Gasteiger partial charge in [-0.25, -0.2) is 9.78 Å². The third-order valence-electron chi connectivity index (χ3n) is 6.66. The molecule has 1 saturated heterocycles. The van der Waals surface area contributed by atoms with E-state index in [0.29, 0.717) is 56.2 Å². The molecule has 0 amide bonds. The third-order valence-corrected chi connectivity index (χ3v) is 6.66. The summed E-state index contributed by atoms with van der Waals surface area (Å²) in [6, 6.07) is 7.10. The van der Waals surface area contributed by atoms with Crippen molar-refractivity contribution in [3.8, 4) is 11.4 Å². The standard InChI is InChI=1S/C25H33N7O5/c1-29-23-20(24(34)32(25(29)35)10-4-3-5-19(33)36-2)28-22(18-8-6-17(7-9-18)21(26)27)31(23)12-11-30-13-15-37-16-14-30/h6-9H,3-5,10-16H2,1-2H3,(H3,26,27). The zero-order chi connectivity index (χ0) is 26.5. The number of benzene rings is 1. The molecule has 0 radical (unpaired) electrons. The first kappa shape index (κ1) is 26.3. The zero-order valence-electron chi connectivity index (χ0n) is 21.2. The Hall–Kier alpha value is -3.77. The van der Waals surface area contributed by atoms with Crippen molar-refractivity contribution in [2.45, 2.75) is 32.4 Å². The summed E-state index contributed by atoms with van der Waals surface area (Å²) in [7, 11) is 2.97. The Morgan fingerprint density at radius 2 is 1.78 bits per heavy atom. The fraction of sp³-hybridized carbons (Fsp3) is 0.480. The number of hydrogen-bond donors (Lipinski definition) is 2. The minimum atomic E-state index is -0.456. The van der Waals surface area contributed by atoms with Gasteiger partial charge in [-0.05, 0) is 12.8 Å². The summed E-state index contributed by atoms with van der Waals surface area (Å²) in [6.07, 6.45) is 1.21. The number of fused-ring (bicyclic) bond motifs is 1. The summed E-state index contributed by atoms with van der Waals surface area (Å²) < 4.78 is 14.7. The lowest BCUT2D eigenvalue weighted by Crippen LogP contribution is -2.40. The molecule has 1 aromatic carbocycles. The molecule has 2 aromatic heterocycles. The lowest BCUT2D eigenvalue weighted by molar-refractivity contribution is -0.140. The highest BCUT2D eigenvalue weighted by atomic mass is 16.5. The Morgan fingerprint density at radius 3 is 2.43 bits per heavy atom. The van der Waals surface area contributed by atoms with Crippen LogP contribution in [0.25, 0.3) is 22.6 Å². The van der Waals surface area contributed by atoms with Crippen LogP contribution < -0.4 is 17.0 Å². The van der Waals surface area contributed by atoms with E-state index in [0.717, 1.165) is 18.7 Å². The Labute approximate surface area is 213 Å². The van der Waals surface area contributed by atoms with Crippen LogP contribution in [-0.4, -0.2) is 75.3 Å². The van der Waals surface area contributed by atoms with E-state index < -0.39 is 11.2 Å². The minimum absolute atomic E-state index is 0.0372. The number of nitrogen functional groups attached to an aromatic ring is 1. The van der Waals surface area contributed by atoms with Crippen LogP contribution in [0, 0.1) is 5.41 Å². The SMILES string of the molecule is COC(=O)CCCCn1c(=O)c2nc(-c3ccc(C(=N)N)cc3)n(CCN3CCOCC3)c2n(C)c1=O. The summed E-state index contributed by atoms with van der Waals surface area (Å²) >= 11 is 0. The molecule has 12 nitrogen and oxygen atoms in total. The van der Waals surface area contributed by atoms with Gasteiger partial charge in [-0.1, -0.05) is 24.3 Å². The fourth-order valence-electron chi connectivity index (χ4n) is 4.55. The molecule has 37 heavy (non-hydrogen) atoms. The van der Waals surface area contributed by atoms with E-state index in [1.165, 1.54) is 16.2 Å². The highest BCUT2D eigenvalue weighted by molar-refractivity contribution is 5.95. The van der Waals surface area contributed by atoms with Crippen molar-refractivity contribution in [2.75, 3.05) is 40.0 Å². The smallest absolute Gasteiger partial charge is 0.332 e. The second kappa shape index (κ2) is 11.5. The number of morpholine rings is 1. The predicted octanol–water partition coefficient (Wildman–Crippen LogP) is 0.523. The number of imidazole rings is 1. The van der Waals surface area contributed by atoms with E-state index >= 15 is 0 Å². The molecule has 3 heterocycles. The molecule has 1 fully saturated rings. The van der Waals surface area contributed by atoms with Crippen LogP contribution >= 0.6 is 0 Å². The molecule has 3 N–H and O–H groups in total. The number of esters is 1. The number of hydrogen-bond acceptors (Lipinski definition) is 8. The van der Waals surface area contributed by atoms with Crippen LogP contribution in [0.2, 0.25) is 0 Å². The van der Waals surface area contributed by atoms with Crippen molar-refractivity contribution in [2.24, 2.45) is 12.8 Å². The van der Waals surface area contributed by atoms with Crippen molar-refractivity contribution in [3.63, 3.8) is 0 Å². The third kappa shape index (κ3) is 5.65. The lowest BCUT2D eigenvalue weighted by Gasteiger charge is -2.27. The summed E-state index contributed by atoms with van der Waals surface area (Å²) in [5.41, 5.74) is 6.73. The van der Waals surface area contributed by atoms with Gasteiger partial charge in [0.2, 0.25) is 0 Å². The number of aromatic nitrogens is 4. The summed E-state index contributed by atoms with van der Waals surface area (Å²) in [5.74, 6) is 0.203. The number of carbonyl (C=O) groups is 1. The van der Waals surface area contributed by atoms with Gasteiger partial charge in [-0.3, -0.25) is 29.0 Å². The Bertz CT molecular complexity index is 1400. The van der Waals surface area contributed by atoms with Crippen LogP contribution in [0.5, 0.6) is 0 Å². The van der Waals surface area contributed by atoms with Gasteiger partial charge in [0.15, 0.2) is 5.52 Å². The number of ether oxygens (including phenoxy) is 2. The molecule has 0 bridgehead atoms. The number of methoxy groups -OCH3 is 1. The molecular weight excluding hydrogens is 478 g/mol. The molecular formula is C25H33N7O5. The normalized spacial score (nSPS) is 14.2. The van der Waals surface area contributed by atoms with Crippen molar-refractivity contribution < 1.29 is 14.3 Å². The molecule has 0 spiro atoms. The summed E-state index contributed by atoms with van der Waals surface area (Å²) in [5, 5.41) is 7.66. The number of rotatable bonds is 10. The number of unbranched alkanes of at least 4 members (excludes halogenated alkanes) is 1. The molecule has 1 aliphatic heterocycles. The first-order valence-corrected chi connectivity index (χ1v) is 12.3. The van der Waals surface area contributed by atoms with Crippen LogP contribution in [0.4, 0.5) is 0 Å². The van der Waals surface area contributed by atoms with Gasteiger partial charge < -0.3 is 19.8 Å². The molecule has 0 atom stereocenters. The van der Waals surface area contributed by atoms with E-state index in [1.807, 2.05) is 16.7 Å². The van der Waals surface area contributed by atoms with Gasteiger partial charge in [-0.2, -0.15) is 0 Å². The topological polar surface area (TPSA) is 150 Å². The largest absolute Gasteiger partial charge is 0.469 e. The number of nitrogens with two attached hydrogens (primary N) is 1.